The van der Waals surface area contributed by atoms with Gasteiger partial charge < -0.3 is 5.32 Å². The van der Waals surface area contributed by atoms with Gasteiger partial charge in [0.1, 0.15) is 0 Å². The van der Waals surface area contributed by atoms with Crippen LogP contribution in [0.1, 0.15) is 29.3 Å². The van der Waals surface area contributed by atoms with E-state index in [0.717, 1.165) is 29.4 Å². The van der Waals surface area contributed by atoms with Gasteiger partial charge in [0.25, 0.3) is 0 Å². The fraction of sp³-hybridized carbons (Fsp3) is 0.312. The molecule has 0 spiro atoms. The number of thiazole rings is 1. The monoisotopic (exact) mass is 380 g/mol. The molecule has 0 aliphatic rings. The van der Waals surface area contributed by atoms with Gasteiger partial charge in [0.2, 0.25) is 0 Å². The zero-order valence-corrected chi connectivity index (χ0v) is 15.0. The van der Waals surface area contributed by atoms with Crippen LogP contribution in [-0.4, -0.2) is 11.5 Å². The van der Waals surface area contributed by atoms with E-state index in [-0.39, 0.29) is 0 Å². The van der Waals surface area contributed by atoms with Crippen molar-refractivity contribution in [2.24, 2.45) is 0 Å². The lowest BCUT2D eigenvalue weighted by atomic mass is 10.1. The number of fused-ring (bicyclic) bond motifs is 1. The molecule has 21 heavy (non-hydrogen) atoms. The Kier molecular flexibility index (Phi) is 5.06. The first-order chi connectivity index (χ1) is 10.3. The highest BCUT2D eigenvalue weighted by Gasteiger charge is 2.16. The molecule has 0 fully saturated rings. The Morgan fingerprint density at radius 1 is 1.33 bits per heavy atom. The van der Waals surface area contributed by atoms with E-state index >= 15 is 0 Å². The first-order valence-corrected chi connectivity index (χ1v) is 9.57. The van der Waals surface area contributed by atoms with Crippen LogP contribution < -0.4 is 5.32 Å². The van der Waals surface area contributed by atoms with Crippen LogP contribution in [0.4, 0.5) is 0 Å². The molecule has 1 atom stereocenters. The van der Waals surface area contributed by atoms with Gasteiger partial charge in [-0.25, -0.2) is 4.98 Å². The Morgan fingerprint density at radius 3 is 2.90 bits per heavy atom. The summed E-state index contributed by atoms with van der Waals surface area (Å²) in [6.45, 7) is 3.23. The number of thiophene rings is 1. The fourth-order valence-corrected chi connectivity index (χ4v) is 4.82. The SMILES string of the molecule is CCCNC(Cc1nc2ccccc2s1)c1cc(Br)cs1. The van der Waals surface area contributed by atoms with E-state index in [1.807, 2.05) is 0 Å². The summed E-state index contributed by atoms with van der Waals surface area (Å²) in [7, 11) is 0. The summed E-state index contributed by atoms with van der Waals surface area (Å²) < 4.78 is 2.43. The molecule has 2 nitrogen and oxygen atoms in total. The highest BCUT2D eigenvalue weighted by molar-refractivity contribution is 9.10. The minimum Gasteiger partial charge on any atom is -0.309 e. The zero-order chi connectivity index (χ0) is 14.7. The van der Waals surface area contributed by atoms with Crippen molar-refractivity contribution in [1.29, 1.82) is 0 Å². The van der Waals surface area contributed by atoms with E-state index in [2.05, 4.69) is 63.9 Å². The molecular formula is C16H17BrN2S2. The first-order valence-electron chi connectivity index (χ1n) is 7.08. The molecule has 3 aromatic rings. The van der Waals surface area contributed by atoms with Crippen molar-refractivity contribution in [3.8, 4) is 0 Å². The number of hydrogen-bond acceptors (Lipinski definition) is 4. The highest BCUT2D eigenvalue weighted by Crippen LogP contribution is 2.30. The summed E-state index contributed by atoms with van der Waals surface area (Å²) in [6.07, 6.45) is 2.09. The first kappa shape index (κ1) is 15.2. The molecule has 2 heterocycles. The summed E-state index contributed by atoms with van der Waals surface area (Å²) in [5.74, 6) is 0. The molecule has 3 rings (SSSR count). The topological polar surface area (TPSA) is 24.9 Å². The fourth-order valence-electron chi connectivity index (χ4n) is 2.28. The van der Waals surface area contributed by atoms with Gasteiger partial charge in [0.15, 0.2) is 0 Å². The standard InChI is InChI=1S/C16H17BrN2S2/c1-2-7-18-13(15-8-11(17)10-20-15)9-16-19-12-5-3-4-6-14(12)21-16/h3-6,8,10,13,18H,2,7,9H2,1H3. The van der Waals surface area contributed by atoms with Crippen molar-refractivity contribution in [2.45, 2.75) is 25.8 Å². The Morgan fingerprint density at radius 2 is 2.19 bits per heavy atom. The van der Waals surface area contributed by atoms with Gasteiger partial charge in [-0.2, -0.15) is 0 Å². The Balaban J connectivity index is 1.83. The minimum atomic E-state index is 0.349. The van der Waals surface area contributed by atoms with Crippen LogP contribution in [0.25, 0.3) is 10.2 Å². The van der Waals surface area contributed by atoms with Gasteiger partial charge in [-0.15, -0.1) is 22.7 Å². The molecule has 1 aromatic carbocycles. The maximum absolute atomic E-state index is 4.76. The molecule has 0 radical (unpaired) electrons. The molecule has 0 aliphatic heterocycles. The summed E-state index contributed by atoms with van der Waals surface area (Å²) in [5, 5.41) is 7.00. The third-order valence-electron chi connectivity index (χ3n) is 3.29. The van der Waals surface area contributed by atoms with E-state index in [1.54, 1.807) is 22.7 Å². The Labute approximate surface area is 141 Å². The quantitative estimate of drug-likeness (QED) is 0.618. The van der Waals surface area contributed by atoms with Crippen molar-refractivity contribution in [3.05, 3.63) is 50.1 Å². The Hall–Kier alpha value is -0.750. The molecule has 0 saturated carbocycles. The second-order valence-electron chi connectivity index (χ2n) is 4.95. The van der Waals surface area contributed by atoms with Crippen molar-refractivity contribution >= 4 is 48.8 Å². The zero-order valence-electron chi connectivity index (χ0n) is 11.8. The smallest absolute Gasteiger partial charge is 0.0957 e. The average Bonchev–Trinajstić information content (AvgIpc) is 3.08. The predicted octanol–water partition coefficient (Wildman–Crippen LogP) is 5.40. The minimum absolute atomic E-state index is 0.349. The summed E-state index contributed by atoms with van der Waals surface area (Å²) in [4.78, 5) is 6.13. The van der Waals surface area contributed by atoms with Gasteiger partial charge in [-0.1, -0.05) is 19.1 Å². The third-order valence-corrected chi connectivity index (χ3v) is 6.15. The van der Waals surface area contributed by atoms with Crippen LogP contribution in [0.2, 0.25) is 0 Å². The number of hydrogen-bond donors (Lipinski definition) is 1. The summed E-state index contributed by atoms with van der Waals surface area (Å²) in [6, 6.07) is 10.9. The van der Waals surface area contributed by atoms with Gasteiger partial charge in [0, 0.05) is 27.2 Å². The molecule has 0 saturated heterocycles. The molecule has 2 aromatic heterocycles. The van der Waals surface area contributed by atoms with Crippen molar-refractivity contribution < 1.29 is 0 Å². The lowest BCUT2D eigenvalue weighted by molar-refractivity contribution is 0.536. The molecular weight excluding hydrogens is 364 g/mol. The lowest BCUT2D eigenvalue weighted by Crippen LogP contribution is -2.23. The molecule has 0 bridgehead atoms. The second kappa shape index (κ2) is 7.01. The number of rotatable bonds is 6. The van der Waals surface area contributed by atoms with Gasteiger partial charge in [0.05, 0.1) is 15.2 Å². The maximum atomic E-state index is 4.76. The molecule has 0 aliphatic carbocycles. The largest absolute Gasteiger partial charge is 0.309 e. The Bertz CT molecular complexity index is 687. The molecule has 5 heteroatoms. The van der Waals surface area contributed by atoms with Gasteiger partial charge >= 0.3 is 0 Å². The van der Waals surface area contributed by atoms with E-state index in [9.17, 15) is 0 Å². The molecule has 1 unspecified atom stereocenters. The van der Waals surface area contributed by atoms with Crippen LogP contribution >= 0.6 is 38.6 Å². The normalized spacial score (nSPS) is 12.9. The number of para-hydroxylation sites is 1. The van der Waals surface area contributed by atoms with Gasteiger partial charge in [-0.05, 0) is 47.1 Å². The predicted molar refractivity (Wildman–Crippen MR) is 96.4 cm³/mol. The summed E-state index contributed by atoms with van der Waals surface area (Å²) >= 11 is 7.16. The number of nitrogens with zero attached hydrogens (tertiary/aromatic N) is 1. The van der Waals surface area contributed by atoms with Crippen LogP contribution in [-0.2, 0) is 6.42 Å². The van der Waals surface area contributed by atoms with Crippen molar-refractivity contribution in [1.82, 2.24) is 10.3 Å². The molecule has 0 amide bonds. The maximum Gasteiger partial charge on any atom is 0.0957 e. The molecule has 1 N–H and O–H groups in total. The van der Waals surface area contributed by atoms with E-state index < -0.39 is 0 Å². The van der Waals surface area contributed by atoms with Crippen molar-refractivity contribution in [3.63, 3.8) is 0 Å². The van der Waals surface area contributed by atoms with Crippen LogP contribution in [0.5, 0.6) is 0 Å². The number of halogens is 1. The average molecular weight is 381 g/mol. The lowest BCUT2D eigenvalue weighted by Gasteiger charge is -2.15. The van der Waals surface area contributed by atoms with Crippen molar-refractivity contribution in [2.75, 3.05) is 6.54 Å². The van der Waals surface area contributed by atoms with E-state index in [0.29, 0.717) is 6.04 Å². The van der Waals surface area contributed by atoms with Crippen LogP contribution in [0, 0.1) is 0 Å². The number of nitrogens with one attached hydrogen (secondary N) is 1. The number of aromatic nitrogens is 1. The second-order valence-corrected chi connectivity index (χ2v) is 7.93. The summed E-state index contributed by atoms with van der Waals surface area (Å²) in [5.41, 5.74) is 1.11. The molecule has 110 valence electrons. The third kappa shape index (κ3) is 3.72. The van der Waals surface area contributed by atoms with E-state index in [4.69, 9.17) is 4.98 Å². The number of benzene rings is 1. The van der Waals surface area contributed by atoms with Crippen LogP contribution in [0.3, 0.4) is 0 Å². The van der Waals surface area contributed by atoms with Crippen LogP contribution in [0.15, 0.2) is 40.2 Å². The van der Waals surface area contributed by atoms with E-state index in [1.165, 1.54) is 14.6 Å². The highest BCUT2D eigenvalue weighted by atomic mass is 79.9. The van der Waals surface area contributed by atoms with Gasteiger partial charge in [-0.3, -0.25) is 0 Å².